The molecule has 0 radical (unpaired) electrons. The van der Waals surface area contributed by atoms with Crippen molar-refractivity contribution < 1.29 is 24.2 Å². The van der Waals surface area contributed by atoms with Crippen LogP contribution in [0, 0.1) is 0 Å². The zero-order chi connectivity index (χ0) is 15.8. The summed E-state index contributed by atoms with van der Waals surface area (Å²) in [5.74, 6) is -1.84. The van der Waals surface area contributed by atoms with Crippen LogP contribution in [0.15, 0.2) is 30.3 Å². The number of para-hydroxylation sites is 1. The van der Waals surface area contributed by atoms with Crippen molar-refractivity contribution in [3.63, 3.8) is 0 Å². The zero-order valence-corrected chi connectivity index (χ0v) is 11.6. The monoisotopic (exact) mass is 294 g/mol. The molecule has 0 saturated heterocycles. The Bertz CT molecular complexity index is 503. The molecule has 7 nitrogen and oxygen atoms in total. The van der Waals surface area contributed by atoms with E-state index < -0.39 is 29.9 Å². The van der Waals surface area contributed by atoms with Crippen molar-refractivity contribution >= 4 is 17.8 Å². The van der Waals surface area contributed by atoms with Gasteiger partial charge in [-0.05, 0) is 25.5 Å². The van der Waals surface area contributed by atoms with Gasteiger partial charge in [0.25, 0.3) is 0 Å². The number of carboxylic acids is 1. The van der Waals surface area contributed by atoms with Crippen LogP contribution in [-0.4, -0.2) is 35.0 Å². The number of nitrogens with one attached hydrogen (secondary N) is 1. The van der Waals surface area contributed by atoms with Gasteiger partial charge in [-0.1, -0.05) is 18.2 Å². The third-order valence-corrected chi connectivity index (χ3v) is 2.69. The number of carbonyl (C=O) groups is 3. The van der Waals surface area contributed by atoms with Gasteiger partial charge in [0, 0.05) is 6.42 Å². The lowest BCUT2D eigenvalue weighted by molar-refractivity contribution is -0.140. The maximum atomic E-state index is 11.7. The van der Waals surface area contributed by atoms with E-state index in [-0.39, 0.29) is 12.8 Å². The number of benzene rings is 1. The summed E-state index contributed by atoms with van der Waals surface area (Å²) in [5.41, 5.74) is 5.29. The molecule has 7 heteroatoms. The fraction of sp³-hybridized carbons (Fsp3) is 0.357. The zero-order valence-electron chi connectivity index (χ0n) is 11.6. The van der Waals surface area contributed by atoms with E-state index >= 15 is 0 Å². The minimum atomic E-state index is -1.17. The van der Waals surface area contributed by atoms with Crippen LogP contribution in [-0.2, 0) is 14.4 Å². The normalized spacial score (nSPS) is 13.0. The van der Waals surface area contributed by atoms with E-state index in [0.29, 0.717) is 5.75 Å². The van der Waals surface area contributed by atoms with Gasteiger partial charge in [0.1, 0.15) is 17.8 Å². The highest BCUT2D eigenvalue weighted by Crippen LogP contribution is 2.09. The minimum Gasteiger partial charge on any atom is -0.480 e. The van der Waals surface area contributed by atoms with E-state index in [4.69, 9.17) is 15.6 Å². The second kappa shape index (κ2) is 8.01. The number of carboxylic acid groups (broad SMARTS) is 1. The molecule has 0 spiro atoms. The van der Waals surface area contributed by atoms with Gasteiger partial charge in [0.15, 0.2) is 0 Å². The fourth-order valence-electron chi connectivity index (χ4n) is 1.48. The Labute approximate surface area is 122 Å². The Kier molecular flexibility index (Phi) is 6.35. The highest BCUT2D eigenvalue weighted by atomic mass is 16.5. The average Bonchev–Trinajstić information content (AvgIpc) is 2.45. The molecule has 0 aromatic heterocycles. The van der Waals surface area contributed by atoms with Gasteiger partial charge in [-0.15, -0.1) is 0 Å². The molecule has 0 aliphatic carbocycles. The maximum absolute atomic E-state index is 11.7. The molecule has 0 aliphatic rings. The van der Waals surface area contributed by atoms with Gasteiger partial charge in [-0.3, -0.25) is 9.59 Å². The maximum Gasteiger partial charge on any atom is 0.333 e. The summed E-state index contributed by atoms with van der Waals surface area (Å²) < 4.78 is 5.07. The van der Waals surface area contributed by atoms with E-state index in [9.17, 15) is 14.4 Å². The third kappa shape index (κ3) is 6.05. The summed E-state index contributed by atoms with van der Waals surface area (Å²) in [5, 5.41) is 11.0. The molecule has 2 atom stereocenters. The minimum absolute atomic E-state index is 0.00161. The van der Waals surface area contributed by atoms with E-state index in [1.54, 1.807) is 30.3 Å². The van der Waals surface area contributed by atoms with Crippen LogP contribution in [0.2, 0.25) is 0 Å². The molecule has 1 amide bonds. The highest BCUT2D eigenvalue weighted by molar-refractivity contribution is 5.85. The smallest absolute Gasteiger partial charge is 0.333 e. The number of nitrogens with two attached hydrogens (primary N) is 1. The first-order chi connectivity index (χ1) is 9.90. The summed E-state index contributed by atoms with van der Waals surface area (Å²) in [7, 11) is 0. The molecule has 1 rings (SSSR count). The lowest BCUT2D eigenvalue weighted by Crippen LogP contribution is -2.41. The molecule has 0 heterocycles. The molecule has 1 aromatic carbocycles. The highest BCUT2D eigenvalue weighted by Gasteiger charge is 2.19. The van der Waals surface area contributed by atoms with Gasteiger partial charge < -0.3 is 20.9 Å². The molecular formula is C14H18N2O5. The van der Waals surface area contributed by atoms with Gasteiger partial charge >= 0.3 is 11.9 Å². The average molecular weight is 294 g/mol. The summed E-state index contributed by atoms with van der Waals surface area (Å²) in [4.78, 5) is 33.8. The molecular weight excluding hydrogens is 276 g/mol. The van der Waals surface area contributed by atoms with Crippen LogP contribution in [0.5, 0.6) is 5.75 Å². The molecule has 0 unspecified atom stereocenters. The largest absolute Gasteiger partial charge is 0.480 e. The Morgan fingerprint density at radius 1 is 1.29 bits per heavy atom. The first kappa shape index (κ1) is 16.6. The molecule has 0 bridgehead atoms. The standard InChI is InChI=1S/C14H18N2O5/c1-9(14(20)21-10-5-3-2-4-6-10)16-12(17)8-7-11(15)13(18)19/h2-6,9,11H,7-8,15H2,1H3,(H,16,17)(H,18,19)/t9-,11-/m0/s1. The lowest BCUT2D eigenvalue weighted by Gasteiger charge is -2.13. The number of esters is 1. The Balaban J connectivity index is 2.38. The van der Waals surface area contributed by atoms with Crippen molar-refractivity contribution in [3.05, 3.63) is 30.3 Å². The second-order valence-corrected chi connectivity index (χ2v) is 4.51. The number of ether oxygens (including phenoxy) is 1. The SMILES string of the molecule is C[C@H](NC(=O)CC[C@H](N)C(=O)O)C(=O)Oc1ccccc1. The van der Waals surface area contributed by atoms with Crippen molar-refractivity contribution in [1.29, 1.82) is 0 Å². The van der Waals surface area contributed by atoms with Gasteiger partial charge in [0.05, 0.1) is 0 Å². The predicted octanol–water partition coefficient (Wildman–Crippen LogP) is 0.289. The van der Waals surface area contributed by atoms with E-state index in [0.717, 1.165) is 0 Å². The van der Waals surface area contributed by atoms with E-state index in [1.807, 2.05) is 0 Å². The number of aliphatic carboxylic acids is 1. The Morgan fingerprint density at radius 3 is 2.48 bits per heavy atom. The molecule has 4 N–H and O–H groups in total. The molecule has 0 saturated carbocycles. The molecule has 114 valence electrons. The predicted molar refractivity (Wildman–Crippen MR) is 74.5 cm³/mol. The topological polar surface area (TPSA) is 119 Å². The van der Waals surface area contributed by atoms with Gasteiger partial charge in [-0.25, -0.2) is 4.79 Å². The van der Waals surface area contributed by atoms with E-state index in [2.05, 4.69) is 5.32 Å². The lowest BCUT2D eigenvalue weighted by atomic mass is 10.1. The number of hydrogen-bond donors (Lipinski definition) is 3. The van der Waals surface area contributed by atoms with Gasteiger partial charge in [-0.2, -0.15) is 0 Å². The van der Waals surface area contributed by atoms with Crippen LogP contribution >= 0.6 is 0 Å². The number of amides is 1. The van der Waals surface area contributed by atoms with Crippen LogP contribution < -0.4 is 15.8 Å². The molecule has 1 aromatic rings. The van der Waals surface area contributed by atoms with Crippen LogP contribution in [0.1, 0.15) is 19.8 Å². The summed E-state index contributed by atoms with van der Waals surface area (Å²) in [6, 6.07) is 6.55. The number of hydrogen-bond acceptors (Lipinski definition) is 5. The Morgan fingerprint density at radius 2 is 1.90 bits per heavy atom. The van der Waals surface area contributed by atoms with Crippen LogP contribution in [0.25, 0.3) is 0 Å². The van der Waals surface area contributed by atoms with Crippen molar-refractivity contribution in [1.82, 2.24) is 5.32 Å². The first-order valence-electron chi connectivity index (χ1n) is 6.44. The second-order valence-electron chi connectivity index (χ2n) is 4.51. The number of rotatable bonds is 7. The molecule has 21 heavy (non-hydrogen) atoms. The summed E-state index contributed by atoms with van der Waals surface area (Å²) in [6.45, 7) is 1.49. The van der Waals surface area contributed by atoms with Crippen molar-refractivity contribution in [3.8, 4) is 5.75 Å². The van der Waals surface area contributed by atoms with Crippen molar-refractivity contribution in [2.45, 2.75) is 31.8 Å². The van der Waals surface area contributed by atoms with Crippen molar-refractivity contribution in [2.75, 3.05) is 0 Å². The van der Waals surface area contributed by atoms with Crippen LogP contribution in [0.4, 0.5) is 0 Å². The quantitative estimate of drug-likeness (QED) is 0.491. The summed E-state index contributed by atoms with van der Waals surface area (Å²) in [6.07, 6.45) is -0.0714. The fourth-order valence-corrected chi connectivity index (χ4v) is 1.48. The third-order valence-electron chi connectivity index (χ3n) is 2.69. The first-order valence-corrected chi connectivity index (χ1v) is 6.44. The molecule has 0 aliphatic heterocycles. The van der Waals surface area contributed by atoms with Crippen molar-refractivity contribution in [2.24, 2.45) is 5.73 Å². The summed E-state index contributed by atoms with van der Waals surface area (Å²) >= 11 is 0. The Hall–Kier alpha value is -2.41. The van der Waals surface area contributed by atoms with E-state index in [1.165, 1.54) is 6.92 Å². The van der Waals surface area contributed by atoms with Crippen LogP contribution in [0.3, 0.4) is 0 Å². The molecule has 0 fully saturated rings. The van der Waals surface area contributed by atoms with Gasteiger partial charge in [0.2, 0.25) is 5.91 Å². The number of carbonyl (C=O) groups excluding carboxylic acids is 2.